The third kappa shape index (κ3) is 3.76. The van der Waals surface area contributed by atoms with Gasteiger partial charge in [0.25, 0.3) is 0 Å². The molecular formula is C12H21N3O2. The summed E-state index contributed by atoms with van der Waals surface area (Å²) in [5.41, 5.74) is 0. The standard InChI is InChI=1S/C12H21N3O2/c1-4-8-15(10-11(16)17-6-3)12-13-7-9-14(12)5-2/h7,9H,4-6,8,10H2,1-3H3. The summed E-state index contributed by atoms with van der Waals surface area (Å²) in [6.45, 7) is 8.28. The minimum Gasteiger partial charge on any atom is -0.465 e. The molecule has 0 aliphatic carbocycles. The Morgan fingerprint density at radius 3 is 2.82 bits per heavy atom. The van der Waals surface area contributed by atoms with Crippen molar-refractivity contribution >= 4 is 11.9 Å². The Morgan fingerprint density at radius 1 is 1.47 bits per heavy atom. The van der Waals surface area contributed by atoms with Gasteiger partial charge in [0.15, 0.2) is 0 Å². The third-order valence-corrected chi connectivity index (χ3v) is 2.44. The zero-order chi connectivity index (χ0) is 12.7. The van der Waals surface area contributed by atoms with E-state index in [4.69, 9.17) is 4.74 Å². The van der Waals surface area contributed by atoms with Gasteiger partial charge < -0.3 is 14.2 Å². The lowest BCUT2D eigenvalue weighted by molar-refractivity contribution is -0.141. The van der Waals surface area contributed by atoms with E-state index in [2.05, 4.69) is 18.8 Å². The van der Waals surface area contributed by atoms with Gasteiger partial charge >= 0.3 is 5.97 Å². The Morgan fingerprint density at radius 2 is 2.24 bits per heavy atom. The van der Waals surface area contributed by atoms with Gasteiger partial charge in [0.1, 0.15) is 6.54 Å². The SMILES string of the molecule is CCCN(CC(=O)OCC)c1nccn1CC. The van der Waals surface area contributed by atoms with Crippen molar-refractivity contribution in [3.8, 4) is 0 Å². The number of aryl methyl sites for hydroxylation is 1. The monoisotopic (exact) mass is 239 g/mol. The van der Waals surface area contributed by atoms with Crippen molar-refractivity contribution in [3.63, 3.8) is 0 Å². The van der Waals surface area contributed by atoms with Crippen molar-refractivity contribution in [2.75, 3.05) is 24.6 Å². The van der Waals surface area contributed by atoms with Crippen LogP contribution in [0.1, 0.15) is 27.2 Å². The first kappa shape index (κ1) is 13.5. The Hall–Kier alpha value is -1.52. The summed E-state index contributed by atoms with van der Waals surface area (Å²) in [6, 6.07) is 0. The normalized spacial score (nSPS) is 10.3. The smallest absolute Gasteiger partial charge is 0.325 e. The molecule has 0 spiro atoms. The van der Waals surface area contributed by atoms with Crippen LogP contribution in [0.4, 0.5) is 5.95 Å². The first-order chi connectivity index (χ1) is 8.22. The number of imidazole rings is 1. The van der Waals surface area contributed by atoms with Gasteiger partial charge in [-0.15, -0.1) is 0 Å². The van der Waals surface area contributed by atoms with Crippen LogP contribution in [-0.2, 0) is 16.1 Å². The van der Waals surface area contributed by atoms with E-state index in [0.717, 1.165) is 25.5 Å². The number of aromatic nitrogens is 2. The Bertz CT molecular complexity index is 349. The molecule has 17 heavy (non-hydrogen) atoms. The van der Waals surface area contributed by atoms with E-state index in [0.29, 0.717) is 6.61 Å². The third-order valence-electron chi connectivity index (χ3n) is 2.44. The summed E-state index contributed by atoms with van der Waals surface area (Å²) >= 11 is 0. The van der Waals surface area contributed by atoms with E-state index in [9.17, 15) is 4.79 Å². The molecule has 0 amide bonds. The van der Waals surface area contributed by atoms with Gasteiger partial charge in [0, 0.05) is 25.5 Å². The number of hydrogen-bond acceptors (Lipinski definition) is 4. The minimum absolute atomic E-state index is 0.202. The molecule has 5 heteroatoms. The first-order valence-electron chi connectivity index (χ1n) is 6.14. The number of carbonyl (C=O) groups is 1. The number of esters is 1. The molecule has 0 unspecified atom stereocenters. The second-order valence-electron chi connectivity index (χ2n) is 3.74. The zero-order valence-corrected chi connectivity index (χ0v) is 10.8. The predicted octanol–water partition coefficient (Wildman–Crippen LogP) is 1.68. The highest BCUT2D eigenvalue weighted by Gasteiger charge is 2.15. The number of nitrogens with zero attached hydrogens (tertiary/aromatic N) is 3. The summed E-state index contributed by atoms with van der Waals surface area (Å²) in [6.07, 6.45) is 4.64. The molecular weight excluding hydrogens is 218 g/mol. The van der Waals surface area contributed by atoms with Crippen LogP contribution in [-0.4, -0.2) is 35.2 Å². The lowest BCUT2D eigenvalue weighted by Gasteiger charge is -2.22. The summed E-state index contributed by atoms with van der Waals surface area (Å²) in [4.78, 5) is 17.8. The highest BCUT2D eigenvalue weighted by atomic mass is 16.5. The number of hydrogen-bond donors (Lipinski definition) is 0. The fourth-order valence-corrected chi connectivity index (χ4v) is 1.71. The predicted molar refractivity (Wildman–Crippen MR) is 67.0 cm³/mol. The highest BCUT2D eigenvalue weighted by Crippen LogP contribution is 2.12. The molecule has 0 aliphatic heterocycles. The fourth-order valence-electron chi connectivity index (χ4n) is 1.71. The van der Waals surface area contributed by atoms with E-state index in [1.807, 2.05) is 22.6 Å². The molecule has 0 aromatic carbocycles. The molecule has 0 saturated heterocycles. The molecule has 1 aromatic rings. The second-order valence-corrected chi connectivity index (χ2v) is 3.74. The Balaban J connectivity index is 2.74. The first-order valence-corrected chi connectivity index (χ1v) is 6.14. The van der Waals surface area contributed by atoms with Gasteiger partial charge in [-0.05, 0) is 20.3 Å². The Labute approximate surface area is 102 Å². The van der Waals surface area contributed by atoms with Crippen LogP contribution in [0, 0.1) is 0 Å². The number of ether oxygens (including phenoxy) is 1. The molecule has 0 fully saturated rings. The van der Waals surface area contributed by atoms with Gasteiger partial charge in [-0.3, -0.25) is 4.79 Å². The molecule has 1 rings (SSSR count). The van der Waals surface area contributed by atoms with Crippen LogP contribution in [0.15, 0.2) is 12.4 Å². The number of anilines is 1. The van der Waals surface area contributed by atoms with Gasteiger partial charge in [-0.1, -0.05) is 6.92 Å². The molecule has 0 aliphatic rings. The van der Waals surface area contributed by atoms with Crippen LogP contribution in [0.25, 0.3) is 0 Å². The zero-order valence-electron chi connectivity index (χ0n) is 10.8. The van der Waals surface area contributed by atoms with Crippen molar-refractivity contribution < 1.29 is 9.53 Å². The van der Waals surface area contributed by atoms with E-state index < -0.39 is 0 Å². The lowest BCUT2D eigenvalue weighted by Crippen LogP contribution is -2.33. The van der Waals surface area contributed by atoms with E-state index >= 15 is 0 Å². The largest absolute Gasteiger partial charge is 0.465 e. The van der Waals surface area contributed by atoms with Crippen LogP contribution in [0.3, 0.4) is 0 Å². The second kappa shape index (κ2) is 6.93. The topological polar surface area (TPSA) is 47.4 Å². The summed E-state index contributed by atoms with van der Waals surface area (Å²) in [7, 11) is 0. The van der Waals surface area contributed by atoms with Crippen molar-refractivity contribution in [2.45, 2.75) is 33.7 Å². The number of rotatable bonds is 7. The van der Waals surface area contributed by atoms with Gasteiger partial charge in [0.2, 0.25) is 5.95 Å². The average molecular weight is 239 g/mol. The van der Waals surface area contributed by atoms with Crippen molar-refractivity contribution in [1.29, 1.82) is 0 Å². The molecule has 5 nitrogen and oxygen atoms in total. The maximum atomic E-state index is 11.5. The Kier molecular flexibility index (Phi) is 5.52. The maximum Gasteiger partial charge on any atom is 0.325 e. The van der Waals surface area contributed by atoms with Crippen molar-refractivity contribution in [2.24, 2.45) is 0 Å². The fraction of sp³-hybridized carbons (Fsp3) is 0.667. The molecule has 0 bridgehead atoms. The van der Waals surface area contributed by atoms with E-state index in [-0.39, 0.29) is 12.5 Å². The average Bonchev–Trinajstić information content (AvgIpc) is 2.76. The van der Waals surface area contributed by atoms with Gasteiger partial charge in [-0.25, -0.2) is 4.98 Å². The molecule has 96 valence electrons. The molecule has 0 saturated carbocycles. The van der Waals surface area contributed by atoms with Crippen molar-refractivity contribution in [3.05, 3.63) is 12.4 Å². The number of carbonyl (C=O) groups excluding carboxylic acids is 1. The van der Waals surface area contributed by atoms with E-state index in [1.54, 1.807) is 6.20 Å². The molecule has 1 heterocycles. The molecule has 0 radical (unpaired) electrons. The molecule has 0 N–H and O–H groups in total. The lowest BCUT2D eigenvalue weighted by atomic mass is 10.4. The minimum atomic E-state index is -0.202. The van der Waals surface area contributed by atoms with Crippen molar-refractivity contribution in [1.82, 2.24) is 9.55 Å². The van der Waals surface area contributed by atoms with Crippen LogP contribution < -0.4 is 4.90 Å². The van der Waals surface area contributed by atoms with Crippen LogP contribution in [0.2, 0.25) is 0 Å². The van der Waals surface area contributed by atoms with Gasteiger partial charge in [-0.2, -0.15) is 0 Å². The van der Waals surface area contributed by atoms with Crippen LogP contribution >= 0.6 is 0 Å². The van der Waals surface area contributed by atoms with E-state index in [1.165, 1.54) is 0 Å². The summed E-state index contributed by atoms with van der Waals surface area (Å²) in [5, 5.41) is 0. The highest BCUT2D eigenvalue weighted by molar-refractivity contribution is 5.75. The summed E-state index contributed by atoms with van der Waals surface area (Å²) < 4.78 is 7.00. The molecule has 0 atom stereocenters. The van der Waals surface area contributed by atoms with Crippen LogP contribution in [0.5, 0.6) is 0 Å². The quantitative estimate of drug-likeness (QED) is 0.679. The van der Waals surface area contributed by atoms with Gasteiger partial charge in [0.05, 0.1) is 6.61 Å². The maximum absolute atomic E-state index is 11.5. The molecule has 1 aromatic heterocycles. The summed E-state index contributed by atoms with van der Waals surface area (Å²) in [5.74, 6) is 0.633.